The van der Waals surface area contributed by atoms with E-state index >= 15 is 0 Å². The average molecular weight is 427 g/mol. The Labute approximate surface area is 182 Å². The van der Waals surface area contributed by atoms with Crippen molar-refractivity contribution < 1.29 is 14.0 Å². The number of rotatable bonds is 4. The van der Waals surface area contributed by atoms with Gasteiger partial charge in [-0.1, -0.05) is 12.1 Å². The number of amides is 2. The van der Waals surface area contributed by atoms with Crippen molar-refractivity contribution in [1.29, 1.82) is 0 Å². The second kappa shape index (κ2) is 9.20. The molecule has 3 heterocycles. The molecule has 2 saturated heterocycles. The minimum Gasteiger partial charge on any atom is -0.342 e. The number of hydrogen-bond acceptors (Lipinski definition) is 3. The number of piperidine rings is 2. The zero-order valence-electron chi connectivity index (χ0n) is 18.3. The molecule has 166 valence electrons. The Morgan fingerprint density at radius 2 is 1.84 bits per heavy atom. The summed E-state index contributed by atoms with van der Waals surface area (Å²) in [4.78, 5) is 29.8. The maximum atomic E-state index is 13.4. The van der Waals surface area contributed by atoms with E-state index in [4.69, 9.17) is 0 Å². The number of carbonyl (C=O) groups is 2. The molecule has 31 heavy (non-hydrogen) atoms. The van der Waals surface area contributed by atoms with E-state index in [9.17, 15) is 14.0 Å². The van der Waals surface area contributed by atoms with Crippen molar-refractivity contribution in [2.45, 2.75) is 70.4 Å². The van der Waals surface area contributed by atoms with E-state index in [2.05, 4.69) is 24.0 Å². The number of likely N-dealkylation sites (tertiary alicyclic amines) is 2. The van der Waals surface area contributed by atoms with Crippen LogP contribution in [0.4, 0.5) is 4.39 Å². The summed E-state index contributed by atoms with van der Waals surface area (Å²) in [6, 6.07) is 6.68. The highest BCUT2D eigenvalue weighted by Crippen LogP contribution is 2.32. The predicted octanol–water partition coefficient (Wildman–Crippen LogP) is 3.90. The molecule has 1 N–H and O–H groups in total. The lowest BCUT2D eigenvalue weighted by Gasteiger charge is -2.39. The van der Waals surface area contributed by atoms with Crippen LogP contribution >= 0.6 is 0 Å². The van der Waals surface area contributed by atoms with Crippen molar-refractivity contribution in [3.63, 3.8) is 0 Å². The van der Waals surface area contributed by atoms with Gasteiger partial charge in [-0.2, -0.15) is 5.10 Å². The highest BCUT2D eigenvalue weighted by molar-refractivity contribution is 5.95. The van der Waals surface area contributed by atoms with E-state index in [0.29, 0.717) is 24.2 Å². The van der Waals surface area contributed by atoms with Crippen LogP contribution in [0.2, 0.25) is 0 Å². The Kier molecular flexibility index (Phi) is 6.39. The number of aromatic nitrogens is 2. The van der Waals surface area contributed by atoms with Gasteiger partial charge in [0.1, 0.15) is 5.82 Å². The molecule has 2 atom stereocenters. The van der Waals surface area contributed by atoms with E-state index in [0.717, 1.165) is 37.8 Å². The SMILES string of the molecule is CC1CCCC(C)N1C(=O)c1cn[nH]c1C1CCN(C(=O)Cc2cccc(F)c2)CC1. The number of nitrogens with zero attached hydrogens (tertiary/aromatic N) is 3. The van der Waals surface area contributed by atoms with Gasteiger partial charge in [-0.25, -0.2) is 4.39 Å². The molecule has 0 bridgehead atoms. The Hall–Kier alpha value is -2.70. The van der Waals surface area contributed by atoms with E-state index in [1.807, 2.05) is 9.80 Å². The van der Waals surface area contributed by atoms with Gasteiger partial charge >= 0.3 is 0 Å². The van der Waals surface area contributed by atoms with Gasteiger partial charge in [0.15, 0.2) is 0 Å². The monoisotopic (exact) mass is 426 g/mol. The van der Waals surface area contributed by atoms with Crippen LogP contribution in [0.3, 0.4) is 0 Å². The minimum atomic E-state index is -0.321. The van der Waals surface area contributed by atoms with E-state index in [1.165, 1.54) is 12.1 Å². The molecule has 1 aromatic heterocycles. The van der Waals surface area contributed by atoms with Crippen LogP contribution in [0.1, 0.15) is 73.5 Å². The van der Waals surface area contributed by atoms with Crippen molar-refractivity contribution in [3.8, 4) is 0 Å². The fraction of sp³-hybridized carbons (Fsp3) is 0.542. The Morgan fingerprint density at radius 1 is 1.13 bits per heavy atom. The summed E-state index contributed by atoms with van der Waals surface area (Å²) < 4.78 is 13.4. The molecule has 2 unspecified atom stereocenters. The average Bonchev–Trinajstić information content (AvgIpc) is 3.23. The number of nitrogens with one attached hydrogen (secondary N) is 1. The molecule has 4 rings (SSSR count). The molecule has 2 aliphatic heterocycles. The molecule has 0 radical (unpaired) electrons. The van der Waals surface area contributed by atoms with Crippen LogP contribution in [0.25, 0.3) is 0 Å². The molecule has 2 aromatic rings. The second-order valence-corrected chi connectivity index (χ2v) is 9.00. The van der Waals surface area contributed by atoms with Crippen molar-refractivity contribution in [1.82, 2.24) is 20.0 Å². The molecule has 0 spiro atoms. The maximum Gasteiger partial charge on any atom is 0.257 e. The topological polar surface area (TPSA) is 69.3 Å². The summed E-state index contributed by atoms with van der Waals surface area (Å²) in [5.74, 6) is -0.0677. The highest BCUT2D eigenvalue weighted by atomic mass is 19.1. The fourth-order valence-electron chi connectivity index (χ4n) is 5.09. The van der Waals surface area contributed by atoms with E-state index < -0.39 is 0 Å². The van der Waals surface area contributed by atoms with Crippen molar-refractivity contribution >= 4 is 11.8 Å². The van der Waals surface area contributed by atoms with Gasteiger partial charge in [-0.05, 0) is 63.6 Å². The van der Waals surface area contributed by atoms with Crippen LogP contribution in [0.15, 0.2) is 30.5 Å². The van der Waals surface area contributed by atoms with E-state index in [-0.39, 0.29) is 42.1 Å². The third-order valence-electron chi connectivity index (χ3n) is 6.83. The second-order valence-electron chi connectivity index (χ2n) is 9.00. The summed E-state index contributed by atoms with van der Waals surface area (Å²) in [6.45, 7) is 5.50. The van der Waals surface area contributed by atoms with Crippen LogP contribution in [0.5, 0.6) is 0 Å². The number of halogens is 1. The van der Waals surface area contributed by atoms with Gasteiger partial charge in [0.2, 0.25) is 5.91 Å². The Morgan fingerprint density at radius 3 is 2.52 bits per heavy atom. The molecule has 2 aliphatic rings. The third kappa shape index (κ3) is 4.65. The summed E-state index contributed by atoms with van der Waals surface area (Å²) in [6.07, 6.45) is 6.66. The van der Waals surface area contributed by atoms with E-state index in [1.54, 1.807) is 18.3 Å². The number of carbonyl (C=O) groups excluding carboxylic acids is 2. The number of hydrogen-bond donors (Lipinski definition) is 1. The number of benzene rings is 1. The van der Waals surface area contributed by atoms with Gasteiger partial charge in [-0.3, -0.25) is 14.7 Å². The first kappa shape index (κ1) is 21.5. The normalized spacial score (nSPS) is 22.5. The first-order valence-electron chi connectivity index (χ1n) is 11.3. The molecule has 2 amide bonds. The molecule has 7 heteroatoms. The highest BCUT2D eigenvalue weighted by Gasteiger charge is 2.34. The Bertz CT molecular complexity index is 925. The largest absolute Gasteiger partial charge is 0.342 e. The lowest BCUT2D eigenvalue weighted by atomic mass is 9.90. The summed E-state index contributed by atoms with van der Waals surface area (Å²) in [5, 5.41) is 7.27. The van der Waals surface area contributed by atoms with Crippen LogP contribution < -0.4 is 0 Å². The van der Waals surface area contributed by atoms with Gasteiger partial charge in [-0.15, -0.1) is 0 Å². The minimum absolute atomic E-state index is 0.0147. The number of aromatic amines is 1. The van der Waals surface area contributed by atoms with Crippen LogP contribution in [0, 0.1) is 5.82 Å². The van der Waals surface area contributed by atoms with Gasteiger partial charge < -0.3 is 9.80 Å². The Balaban J connectivity index is 1.39. The number of H-pyrrole nitrogens is 1. The standard InChI is InChI=1S/C24H31FN4O2/c1-16-5-3-6-17(2)29(16)24(31)21-15-26-27-23(21)19-9-11-28(12-10-19)22(30)14-18-7-4-8-20(25)13-18/h4,7-8,13,15-17,19H,3,5-6,9-12,14H2,1-2H3,(H,26,27). The van der Waals surface area contributed by atoms with Gasteiger partial charge in [0.25, 0.3) is 5.91 Å². The summed E-state index contributed by atoms with van der Waals surface area (Å²) >= 11 is 0. The molecular weight excluding hydrogens is 395 g/mol. The fourth-order valence-corrected chi connectivity index (χ4v) is 5.09. The van der Waals surface area contributed by atoms with Crippen molar-refractivity contribution in [2.24, 2.45) is 0 Å². The first-order valence-corrected chi connectivity index (χ1v) is 11.3. The van der Waals surface area contributed by atoms with Crippen molar-refractivity contribution in [2.75, 3.05) is 13.1 Å². The lowest BCUT2D eigenvalue weighted by Crippen LogP contribution is -2.47. The van der Waals surface area contributed by atoms with Gasteiger partial charge in [0, 0.05) is 31.1 Å². The molecule has 0 saturated carbocycles. The molecule has 0 aliphatic carbocycles. The lowest BCUT2D eigenvalue weighted by molar-refractivity contribution is -0.131. The quantitative estimate of drug-likeness (QED) is 0.806. The van der Waals surface area contributed by atoms with Crippen LogP contribution in [-0.4, -0.2) is 57.0 Å². The smallest absolute Gasteiger partial charge is 0.257 e. The zero-order chi connectivity index (χ0) is 22.0. The van der Waals surface area contributed by atoms with Crippen molar-refractivity contribution in [3.05, 3.63) is 53.1 Å². The molecule has 2 fully saturated rings. The molecule has 1 aromatic carbocycles. The van der Waals surface area contributed by atoms with Gasteiger partial charge in [0.05, 0.1) is 23.9 Å². The maximum absolute atomic E-state index is 13.4. The first-order chi connectivity index (χ1) is 14.9. The van der Waals surface area contributed by atoms with Crippen LogP contribution in [-0.2, 0) is 11.2 Å². The molecular formula is C24H31FN4O2. The summed E-state index contributed by atoms with van der Waals surface area (Å²) in [7, 11) is 0. The summed E-state index contributed by atoms with van der Waals surface area (Å²) in [5.41, 5.74) is 2.26. The molecule has 6 nitrogen and oxygen atoms in total. The predicted molar refractivity (Wildman–Crippen MR) is 116 cm³/mol. The zero-order valence-corrected chi connectivity index (χ0v) is 18.3. The third-order valence-corrected chi connectivity index (χ3v) is 6.83.